The topological polar surface area (TPSA) is 216 Å². The summed E-state index contributed by atoms with van der Waals surface area (Å²) >= 11 is 1.38. The van der Waals surface area contributed by atoms with Crippen LogP contribution in [0, 0.1) is 23.2 Å². The Morgan fingerprint density at radius 1 is 0.761 bits per heavy atom. The molecule has 71 heavy (non-hydrogen) atoms. The Morgan fingerprint density at radius 3 is 1.97 bits per heavy atom. The molecule has 18 heteroatoms. The number of hydrogen-bond acceptors (Lipinski definition) is 11. The van der Waals surface area contributed by atoms with Gasteiger partial charge in [0.2, 0.25) is 21.8 Å². The van der Waals surface area contributed by atoms with Crippen molar-refractivity contribution >= 4 is 61.4 Å². The summed E-state index contributed by atoms with van der Waals surface area (Å²) in [6.07, 6.45) is 4.77. The number of amides is 5. The van der Waals surface area contributed by atoms with E-state index in [1.165, 1.54) is 27.8 Å². The van der Waals surface area contributed by atoms with Crippen LogP contribution in [0.4, 0.5) is 9.59 Å². The average Bonchev–Trinajstić information content (AvgIpc) is 3.79. The Morgan fingerprint density at radius 2 is 1.34 bits per heavy atom. The zero-order chi connectivity index (χ0) is 51.7. The zero-order valence-electron chi connectivity index (χ0n) is 42.1. The standard InChI is InChI=1S/C28H32N4O4S2.C25H39N3O5/c1-19(2)15-23(31-28(34)25-16-20-9-3-5-12-24(20)37-25)27(33)30-18-22-11-7-8-14-32(22)38(35,36)26-13-6-4-10-21(26)17-29;1-18(2)15-21(27-23(30)32-17-19-11-7-6-8-12-19)22(29)26-16-20-13-9-10-14-28(20)24(31)33-25(3,4)5/h3-6,9-10,12-13,16,19,22-23H,7-8,11,14-15,18H2,1-2H3,(H,30,33)(H,31,34);6-8,11-12,18,20-21H,9-10,13-17H2,1-5H3,(H,26,29)(H,27,30)/t22?,23-;20?,21-/m00/s1. The number of thiophene rings is 1. The minimum atomic E-state index is -3.92. The molecular weight excluding hydrogens is 943 g/mol. The summed E-state index contributed by atoms with van der Waals surface area (Å²) in [6.45, 7) is 15.0. The fourth-order valence-corrected chi connectivity index (χ4v) is 11.3. The first-order valence-electron chi connectivity index (χ1n) is 24.6. The number of likely N-dealkylation sites (tertiary alicyclic amines) is 1. The van der Waals surface area contributed by atoms with E-state index in [1.807, 2.05) is 115 Å². The number of piperidine rings is 2. The molecule has 6 rings (SSSR count). The first-order chi connectivity index (χ1) is 33.7. The van der Waals surface area contributed by atoms with Crippen molar-refractivity contribution < 1.29 is 41.9 Å². The predicted molar refractivity (Wildman–Crippen MR) is 275 cm³/mol. The fraction of sp³-hybridized carbons (Fsp3) is 0.509. The number of nitrogens with one attached hydrogen (secondary N) is 4. The Bertz CT molecular complexity index is 2540. The summed E-state index contributed by atoms with van der Waals surface area (Å²) < 4.78 is 40.2. The van der Waals surface area contributed by atoms with E-state index in [0.717, 1.165) is 41.3 Å². The third kappa shape index (κ3) is 17.1. The number of hydrogen-bond donors (Lipinski definition) is 4. The maximum atomic E-state index is 13.5. The molecular formula is C53H71N7O9S2. The molecule has 2 unspecified atom stereocenters. The molecule has 2 aliphatic heterocycles. The molecule has 5 amide bonds. The molecule has 2 aliphatic rings. The molecule has 0 aliphatic carbocycles. The van der Waals surface area contributed by atoms with Gasteiger partial charge in [0.1, 0.15) is 30.4 Å². The van der Waals surface area contributed by atoms with Crippen LogP contribution in [-0.4, -0.2) is 103 Å². The largest absolute Gasteiger partial charge is 0.445 e. The van der Waals surface area contributed by atoms with Crippen LogP contribution >= 0.6 is 11.3 Å². The molecule has 0 saturated carbocycles. The highest BCUT2D eigenvalue weighted by molar-refractivity contribution is 7.89. The summed E-state index contributed by atoms with van der Waals surface area (Å²) in [7, 11) is -3.92. The monoisotopic (exact) mass is 1010 g/mol. The molecule has 16 nitrogen and oxygen atoms in total. The van der Waals surface area contributed by atoms with Gasteiger partial charge >= 0.3 is 12.2 Å². The van der Waals surface area contributed by atoms with Crippen molar-refractivity contribution in [3.8, 4) is 6.07 Å². The Hall–Kier alpha value is -6.03. The molecule has 4 aromatic rings. The van der Waals surface area contributed by atoms with Crippen LogP contribution in [-0.2, 0) is 35.7 Å². The van der Waals surface area contributed by atoms with E-state index in [2.05, 4.69) is 21.3 Å². The van der Waals surface area contributed by atoms with Gasteiger partial charge in [-0.25, -0.2) is 18.0 Å². The smallest absolute Gasteiger partial charge is 0.410 e. The molecule has 4 N–H and O–H groups in total. The molecule has 3 aromatic carbocycles. The SMILES string of the molecule is CC(C)C[C@H](NC(=O)OCc1ccccc1)C(=O)NCC1CCCCN1C(=O)OC(C)(C)C.CC(C)C[C@H](NC(=O)c1cc2ccccc2s1)C(=O)NCC1CCCCN1S(=O)(=O)c1ccccc1C#N. The lowest BCUT2D eigenvalue weighted by molar-refractivity contribution is -0.124. The van der Waals surface area contributed by atoms with Crippen LogP contribution < -0.4 is 21.3 Å². The van der Waals surface area contributed by atoms with Crippen LogP contribution in [0.15, 0.2) is 89.8 Å². The molecule has 384 valence electrons. The van der Waals surface area contributed by atoms with Crippen LogP contribution in [0.1, 0.15) is 121 Å². The van der Waals surface area contributed by atoms with E-state index in [1.54, 1.807) is 17.0 Å². The highest BCUT2D eigenvalue weighted by Gasteiger charge is 2.36. The van der Waals surface area contributed by atoms with Crippen molar-refractivity contribution in [3.63, 3.8) is 0 Å². The molecule has 2 fully saturated rings. The lowest BCUT2D eigenvalue weighted by atomic mass is 10.0. The molecule has 2 saturated heterocycles. The lowest BCUT2D eigenvalue weighted by Crippen LogP contribution is -2.54. The second-order valence-electron chi connectivity index (χ2n) is 19.9. The van der Waals surface area contributed by atoms with Gasteiger partial charge in [-0.05, 0) is 113 Å². The number of carbonyl (C=O) groups is 5. The summed E-state index contributed by atoms with van der Waals surface area (Å²) in [4.78, 5) is 66.3. The van der Waals surface area contributed by atoms with Gasteiger partial charge in [-0.15, -0.1) is 11.3 Å². The molecule has 3 heterocycles. The number of nitriles is 1. The second kappa shape index (κ2) is 26.4. The first kappa shape index (κ1) is 55.9. The lowest BCUT2D eigenvalue weighted by Gasteiger charge is -2.37. The van der Waals surface area contributed by atoms with Crippen LogP contribution in [0.5, 0.6) is 0 Å². The summed E-state index contributed by atoms with van der Waals surface area (Å²) in [6, 6.07) is 25.0. The Kier molecular flexibility index (Phi) is 20.8. The average molecular weight is 1010 g/mol. The van der Waals surface area contributed by atoms with E-state index >= 15 is 0 Å². The second-order valence-corrected chi connectivity index (χ2v) is 22.8. The molecule has 1 aromatic heterocycles. The number of rotatable bonds is 17. The van der Waals surface area contributed by atoms with Gasteiger partial charge in [-0.2, -0.15) is 9.57 Å². The Balaban J connectivity index is 0.000000267. The summed E-state index contributed by atoms with van der Waals surface area (Å²) in [5.41, 5.74) is 0.396. The van der Waals surface area contributed by atoms with Gasteiger partial charge in [0.15, 0.2) is 0 Å². The third-order valence-electron chi connectivity index (χ3n) is 12.0. The maximum Gasteiger partial charge on any atom is 0.410 e. The number of benzene rings is 3. The normalized spacial score (nSPS) is 17.2. The number of carbonyl (C=O) groups excluding carboxylic acids is 5. The van der Waals surface area contributed by atoms with Gasteiger partial charge in [0, 0.05) is 36.9 Å². The summed E-state index contributed by atoms with van der Waals surface area (Å²) in [5.74, 6) is -0.573. The van der Waals surface area contributed by atoms with Gasteiger partial charge in [0.25, 0.3) is 5.91 Å². The van der Waals surface area contributed by atoms with Crippen molar-refractivity contribution in [2.24, 2.45) is 11.8 Å². The van der Waals surface area contributed by atoms with E-state index < -0.39 is 39.8 Å². The van der Waals surface area contributed by atoms with E-state index in [9.17, 15) is 37.7 Å². The summed E-state index contributed by atoms with van der Waals surface area (Å²) in [5, 5.41) is 21.8. The highest BCUT2D eigenvalue weighted by atomic mass is 32.2. The molecule has 4 atom stereocenters. The number of ether oxygens (including phenoxy) is 2. The van der Waals surface area contributed by atoms with Gasteiger partial charge in [0.05, 0.1) is 21.4 Å². The van der Waals surface area contributed by atoms with Crippen LogP contribution in [0.25, 0.3) is 10.1 Å². The van der Waals surface area contributed by atoms with Gasteiger partial charge in [-0.1, -0.05) is 94.8 Å². The van der Waals surface area contributed by atoms with Gasteiger partial charge < -0.3 is 35.6 Å². The predicted octanol–water partition coefficient (Wildman–Crippen LogP) is 8.51. The highest BCUT2D eigenvalue weighted by Crippen LogP contribution is 2.28. The quantitative estimate of drug-likeness (QED) is 0.0791. The molecule has 0 spiro atoms. The maximum absolute atomic E-state index is 13.5. The minimum absolute atomic E-state index is 0.0194. The number of nitrogens with zero attached hydrogens (tertiary/aromatic N) is 3. The van der Waals surface area contributed by atoms with Crippen molar-refractivity contribution in [2.45, 2.75) is 141 Å². The zero-order valence-corrected chi connectivity index (χ0v) is 43.7. The Labute approximate surface area is 423 Å². The molecule has 0 radical (unpaired) electrons. The first-order valence-corrected chi connectivity index (χ1v) is 26.8. The number of alkyl carbamates (subject to hydrolysis) is 1. The van der Waals surface area contributed by atoms with E-state index in [0.29, 0.717) is 50.2 Å². The van der Waals surface area contributed by atoms with Crippen molar-refractivity contribution in [1.29, 1.82) is 5.26 Å². The third-order valence-corrected chi connectivity index (χ3v) is 15.1. The van der Waals surface area contributed by atoms with Crippen molar-refractivity contribution in [3.05, 3.63) is 101 Å². The van der Waals surface area contributed by atoms with Crippen LogP contribution in [0.2, 0.25) is 0 Å². The van der Waals surface area contributed by atoms with Crippen molar-refractivity contribution in [1.82, 2.24) is 30.5 Å². The number of fused-ring (bicyclic) bond motifs is 1. The number of sulfonamides is 1. The minimum Gasteiger partial charge on any atom is -0.445 e. The van der Waals surface area contributed by atoms with Crippen molar-refractivity contribution in [2.75, 3.05) is 26.2 Å². The van der Waals surface area contributed by atoms with Crippen LogP contribution in [0.3, 0.4) is 0 Å². The van der Waals surface area contributed by atoms with Gasteiger partial charge in [-0.3, -0.25) is 14.4 Å². The van der Waals surface area contributed by atoms with E-state index in [4.69, 9.17) is 9.47 Å². The molecule has 0 bridgehead atoms. The fourth-order valence-electron chi connectivity index (χ4n) is 8.50. The van der Waals surface area contributed by atoms with E-state index in [-0.39, 0.29) is 65.3 Å².